The molecule has 1 unspecified atom stereocenters. The quantitative estimate of drug-likeness (QED) is 0.727. The fraction of sp³-hybridized carbons (Fsp3) is 0.917. The molecular weight excluding hydrogens is 240 g/mol. The average Bonchev–Trinajstić information content (AvgIpc) is 2.80. The third-order valence-corrected chi connectivity index (χ3v) is 5.46. The number of hydrogen-bond donors (Lipinski definition) is 1. The van der Waals surface area contributed by atoms with Gasteiger partial charge in [-0.1, -0.05) is 26.7 Å². The molecule has 0 aromatic rings. The van der Waals surface area contributed by atoms with Gasteiger partial charge in [0, 0.05) is 0 Å². The second-order valence-electron chi connectivity index (χ2n) is 5.52. The minimum absolute atomic E-state index is 0.00557. The van der Waals surface area contributed by atoms with Gasteiger partial charge in [0.15, 0.2) is 9.84 Å². The molecule has 1 aliphatic carbocycles. The summed E-state index contributed by atoms with van der Waals surface area (Å²) in [5, 5.41) is 8.76. The summed E-state index contributed by atoms with van der Waals surface area (Å²) in [5.74, 6) is -0.465. The van der Waals surface area contributed by atoms with E-state index in [0.29, 0.717) is 0 Å². The van der Waals surface area contributed by atoms with E-state index in [4.69, 9.17) is 5.11 Å². The van der Waals surface area contributed by atoms with Gasteiger partial charge < -0.3 is 5.11 Å². The Hall–Kier alpha value is -0.580. The van der Waals surface area contributed by atoms with Gasteiger partial charge in [-0.15, -0.1) is 0 Å². The number of rotatable bonds is 8. The summed E-state index contributed by atoms with van der Waals surface area (Å²) in [6, 6.07) is 0. The number of hydrogen-bond acceptors (Lipinski definition) is 3. The van der Waals surface area contributed by atoms with Crippen LogP contribution in [-0.4, -0.2) is 31.0 Å². The van der Waals surface area contributed by atoms with E-state index in [-0.39, 0.29) is 23.8 Å². The van der Waals surface area contributed by atoms with Gasteiger partial charge >= 0.3 is 5.97 Å². The van der Waals surface area contributed by atoms with E-state index < -0.39 is 21.2 Å². The van der Waals surface area contributed by atoms with Crippen LogP contribution < -0.4 is 0 Å². The number of carbonyl (C=O) groups is 1. The molecule has 0 spiro atoms. The monoisotopic (exact) mass is 262 g/mol. The van der Waals surface area contributed by atoms with Crippen molar-refractivity contribution in [3.8, 4) is 0 Å². The smallest absolute Gasteiger partial charge is 0.303 e. The summed E-state index contributed by atoms with van der Waals surface area (Å²) in [6.07, 6.45) is 3.36. The van der Waals surface area contributed by atoms with E-state index in [0.717, 1.165) is 25.7 Å². The third-order valence-electron chi connectivity index (χ3n) is 3.33. The zero-order chi connectivity index (χ0) is 13.1. The van der Waals surface area contributed by atoms with Crippen LogP contribution in [0.5, 0.6) is 0 Å². The van der Waals surface area contributed by atoms with Gasteiger partial charge in [-0.3, -0.25) is 4.79 Å². The highest BCUT2D eigenvalue weighted by Crippen LogP contribution is 2.50. The maximum Gasteiger partial charge on any atom is 0.303 e. The molecule has 1 fully saturated rings. The zero-order valence-electron chi connectivity index (χ0n) is 10.6. The Balaban J connectivity index is 2.52. The summed E-state index contributed by atoms with van der Waals surface area (Å²) < 4.78 is 23.9. The molecule has 0 aliphatic heterocycles. The highest BCUT2D eigenvalue weighted by Gasteiger charge is 2.47. The Kier molecular flexibility index (Phi) is 4.58. The standard InChI is InChI=1S/C12H22O4S/c1-3-4-10(2)8-17(15,16)9-12(5-6-12)7-11(13)14/h10H,3-9H2,1-2H3,(H,13,14). The Labute approximate surface area is 103 Å². The molecule has 17 heavy (non-hydrogen) atoms. The predicted octanol–water partition coefficient (Wildman–Crippen LogP) is 2.09. The molecule has 1 saturated carbocycles. The van der Waals surface area contributed by atoms with Crippen LogP contribution in [0.15, 0.2) is 0 Å². The highest BCUT2D eigenvalue weighted by molar-refractivity contribution is 7.91. The molecular formula is C12H22O4S. The molecule has 0 aromatic heterocycles. The van der Waals surface area contributed by atoms with Gasteiger partial charge in [0.05, 0.1) is 17.9 Å². The lowest BCUT2D eigenvalue weighted by molar-refractivity contribution is -0.138. The fourth-order valence-electron chi connectivity index (χ4n) is 2.40. The van der Waals surface area contributed by atoms with Crippen LogP contribution >= 0.6 is 0 Å². The molecule has 0 aromatic carbocycles. The third kappa shape index (κ3) is 5.06. The second kappa shape index (κ2) is 5.38. The molecule has 0 radical (unpaired) electrons. The van der Waals surface area contributed by atoms with Crippen LogP contribution in [0.2, 0.25) is 0 Å². The minimum Gasteiger partial charge on any atom is -0.481 e. The Morgan fingerprint density at radius 2 is 2.00 bits per heavy atom. The maximum atomic E-state index is 12.0. The zero-order valence-corrected chi connectivity index (χ0v) is 11.4. The lowest BCUT2D eigenvalue weighted by Crippen LogP contribution is -2.25. The molecule has 0 bridgehead atoms. The van der Waals surface area contributed by atoms with Crippen molar-refractivity contribution in [2.45, 2.75) is 46.0 Å². The largest absolute Gasteiger partial charge is 0.481 e. The summed E-state index contributed by atoms with van der Waals surface area (Å²) in [4.78, 5) is 10.7. The molecule has 1 aliphatic rings. The SMILES string of the molecule is CCCC(C)CS(=O)(=O)CC1(CC(=O)O)CC1. The van der Waals surface area contributed by atoms with E-state index in [1.807, 2.05) is 13.8 Å². The van der Waals surface area contributed by atoms with Crippen molar-refractivity contribution >= 4 is 15.8 Å². The lowest BCUT2D eigenvalue weighted by Gasteiger charge is -2.15. The molecule has 1 atom stereocenters. The second-order valence-corrected chi connectivity index (χ2v) is 7.63. The summed E-state index contributed by atoms with van der Waals surface area (Å²) in [6.45, 7) is 3.98. The number of carboxylic acid groups (broad SMARTS) is 1. The molecule has 0 heterocycles. The van der Waals surface area contributed by atoms with E-state index in [9.17, 15) is 13.2 Å². The highest BCUT2D eigenvalue weighted by atomic mass is 32.2. The topological polar surface area (TPSA) is 71.4 Å². The molecule has 5 heteroatoms. The van der Waals surface area contributed by atoms with Crippen LogP contribution in [-0.2, 0) is 14.6 Å². The van der Waals surface area contributed by atoms with Crippen LogP contribution in [0.25, 0.3) is 0 Å². The predicted molar refractivity (Wildman–Crippen MR) is 66.6 cm³/mol. The van der Waals surface area contributed by atoms with Crippen LogP contribution in [0.3, 0.4) is 0 Å². The lowest BCUT2D eigenvalue weighted by atomic mass is 10.1. The van der Waals surface area contributed by atoms with Crippen molar-refractivity contribution in [2.24, 2.45) is 11.3 Å². The fourth-order valence-corrected chi connectivity index (χ4v) is 4.88. The molecule has 100 valence electrons. The van der Waals surface area contributed by atoms with Gasteiger partial charge in [-0.2, -0.15) is 0 Å². The first-order valence-electron chi connectivity index (χ1n) is 6.21. The van der Waals surface area contributed by atoms with E-state index in [2.05, 4.69) is 0 Å². The van der Waals surface area contributed by atoms with Crippen LogP contribution in [0.4, 0.5) is 0 Å². The molecule has 1 N–H and O–H groups in total. The van der Waals surface area contributed by atoms with Crippen LogP contribution in [0, 0.1) is 11.3 Å². The van der Waals surface area contributed by atoms with Gasteiger partial charge in [0.2, 0.25) is 0 Å². The van der Waals surface area contributed by atoms with E-state index in [1.54, 1.807) is 0 Å². The first-order chi connectivity index (χ1) is 7.79. The number of sulfone groups is 1. The first-order valence-corrected chi connectivity index (χ1v) is 8.03. The summed E-state index contributed by atoms with van der Waals surface area (Å²) in [7, 11) is -3.11. The van der Waals surface area contributed by atoms with Crippen molar-refractivity contribution in [1.82, 2.24) is 0 Å². The van der Waals surface area contributed by atoms with Gasteiger partial charge in [0.1, 0.15) is 0 Å². The van der Waals surface area contributed by atoms with Gasteiger partial charge in [-0.25, -0.2) is 8.42 Å². The van der Waals surface area contributed by atoms with Gasteiger partial charge in [0.25, 0.3) is 0 Å². The van der Waals surface area contributed by atoms with Crippen LogP contribution in [0.1, 0.15) is 46.0 Å². The van der Waals surface area contributed by atoms with Gasteiger partial charge in [-0.05, 0) is 24.2 Å². The Morgan fingerprint density at radius 1 is 1.41 bits per heavy atom. The number of carboxylic acids is 1. The van der Waals surface area contributed by atoms with Crippen molar-refractivity contribution < 1.29 is 18.3 Å². The van der Waals surface area contributed by atoms with E-state index >= 15 is 0 Å². The van der Waals surface area contributed by atoms with E-state index in [1.165, 1.54) is 0 Å². The Morgan fingerprint density at radius 3 is 2.41 bits per heavy atom. The average molecular weight is 262 g/mol. The first kappa shape index (κ1) is 14.5. The van der Waals surface area contributed by atoms with Crippen molar-refractivity contribution in [3.63, 3.8) is 0 Å². The Bertz CT molecular complexity index is 368. The van der Waals surface area contributed by atoms with Crippen molar-refractivity contribution in [3.05, 3.63) is 0 Å². The van der Waals surface area contributed by atoms with Crippen molar-refractivity contribution in [1.29, 1.82) is 0 Å². The summed E-state index contributed by atoms with van der Waals surface area (Å²) >= 11 is 0. The minimum atomic E-state index is -3.11. The number of aliphatic carboxylic acids is 1. The molecule has 4 nitrogen and oxygen atoms in total. The molecule has 1 rings (SSSR count). The maximum absolute atomic E-state index is 12.0. The molecule has 0 saturated heterocycles. The molecule has 0 amide bonds. The summed E-state index contributed by atoms with van der Waals surface area (Å²) in [5.41, 5.74) is -0.448. The van der Waals surface area contributed by atoms with Crippen molar-refractivity contribution in [2.75, 3.05) is 11.5 Å². The normalized spacial score (nSPS) is 19.9.